The van der Waals surface area contributed by atoms with E-state index in [9.17, 15) is 26.8 Å². The van der Waals surface area contributed by atoms with Crippen molar-refractivity contribution in [2.24, 2.45) is 0 Å². The molecule has 2 N–H and O–H groups in total. The maximum absolute atomic E-state index is 13.4. The number of hydrazine groups is 1. The molecular formula is C25H31F2N5O5S. The largest absolute Gasteiger partial charge is 0.350 e. The van der Waals surface area contributed by atoms with Crippen LogP contribution in [0.5, 0.6) is 0 Å². The molecule has 10 nitrogen and oxygen atoms in total. The summed E-state index contributed by atoms with van der Waals surface area (Å²) in [6, 6.07) is 8.13. The number of nitrogens with zero attached hydrogens (tertiary/aromatic N) is 3. The van der Waals surface area contributed by atoms with Gasteiger partial charge in [-0.3, -0.25) is 9.59 Å². The van der Waals surface area contributed by atoms with Gasteiger partial charge >= 0.3 is 6.61 Å². The van der Waals surface area contributed by atoms with E-state index in [1.165, 1.54) is 23.8 Å². The van der Waals surface area contributed by atoms with Crippen LogP contribution in [-0.2, 0) is 30.7 Å². The Bertz CT molecular complexity index is 1290. The lowest BCUT2D eigenvalue weighted by atomic mass is 9.98. The van der Waals surface area contributed by atoms with E-state index in [1.807, 2.05) is 6.07 Å². The smallest absolute Gasteiger partial charge is 0.345 e. The van der Waals surface area contributed by atoms with Crippen LogP contribution in [0, 0.1) is 11.3 Å². The fourth-order valence-electron chi connectivity index (χ4n) is 5.02. The summed E-state index contributed by atoms with van der Waals surface area (Å²) in [7, 11) is -2.30. The minimum Gasteiger partial charge on any atom is -0.350 e. The van der Waals surface area contributed by atoms with Crippen LogP contribution in [0.4, 0.5) is 8.78 Å². The van der Waals surface area contributed by atoms with E-state index in [1.54, 1.807) is 31.3 Å². The summed E-state index contributed by atoms with van der Waals surface area (Å²) in [5.41, 5.74) is 5.29. The van der Waals surface area contributed by atoms with E-state index in [4.69, 9.17) is 5.26 Å². The minimum atomic E-state index is -3.92. The molecular weight excluding hydrogens is 520 g/mol. The number of nitrogens with one attached hydrogen (secondary N) is 2. The maximum Gasteiger partial charge on any atom is 0.345 e. The zero-order chi connectivity index (χ0) is 27.9. The molecule has 1 atom stereocenters. The SMILES string of the molecule is CN1NC(C(=O)NCc2ccc(C#N)cc2)C2=C1C(=O)N(CC1(S(=O)(=O)C(C)(C)COC(F)F)CC1)CC2. The topological polar surface area (TPSA) is 132 Å². The minimum absolute atomic E-state index is 0.0492. The Labute approximate surface area is 220 Å². The Morgan fingerprint density at radius 1 is 1.32 bits per heavy atom. The second-order valence-corrected chi connectivity index (χ2v) is 13.5. The van der Waals surface area contributed by atoms with Crippen molar-refractivity contribution in [1.29, 1.82) is 5.26 Å². The van der Waals surface area contributed by atoms with Gasteiger partial charge in [0.1, 0.15) is 11.7 Å². The Morgan fingerprint density at radius 3 is 2.55 bits per heavy atom. The van der Waals surface area contributed by atoms with E-state index in [0.717, 1.165) is 5.56 Å². The van der Waals surface area contributed by atoms with Gasteiger partial charge in [-0.1, -0.05) is 12.1 Å². The van der Waals surface area contributed by atoms with Gasteiger partial charge in [-0.15, -0.1) is 0 Å². The lowest BCUT2D eigenvalue weighted by Crippen LogP contribution is -2.52. The summed E-state index contributed by atoms with van der Waals surface area (Å²) in [4.78, 5) is 27.9. The van der Waals surface area contributed by atoms with Crippen molar-refractivity contribution >= 4 is 21.7 Å². The van der Waals surface area contributed by atoms with Crippen LogP contribution in [0.1, 0.15) is 44.2 Å². The fraction of sp³-hybridized carbons (Fsp3) is 0.560. The molecule has 2 heterocycles. The lowest BCUT2D eigenvalue weighted by molar-refractivity contribution is -0.133. The highest BCUT2D eigenvalue weighted by molar-refractivity contribution is 7.94. The zero-order valence-electron chi connectivity index (χ0n) is 21.5. The van der Waals surface area contributed by atoms with Gasteiger partial charge in [0, 0.05) is 26.7 Å². The summed E-state index contributed by atoms with van der Waals surface area (Å²) >= 11 is 0. The maximum atomic E-state index is 13.4. The Morgan fingerprint density at radius 2 is 1.97 bits per heavy atom. The van der Waals surface area contributed by atoms with Crippen molar-refractivity contribution in [2.45, 2.75) is 61.8 Å². The average Bonchev–Trinajstić information content (AvgIpc) is 3.59. The van der Waals surface area contributed by atoms with Crippen LogP contribution in [0.3, 0.4) is 0 Å². The van der Waals surface area contributed by atoms with Crippen molar-refractivity contribution in [3.8, 4) is 6.07 Å². The van der Waals surface area contributed by atoms with Crippen molar-refractivity contribution in [2.75, 3.05) is 26.7 Å². The Balaban J connectivity index is 1.44. The average molecular weight is 552 g/mol. The first-order valence-electron chi connectivity index (χ1n) is 12.2. The van der Waals surface area contributed by atoms with Crippen LogP contribution < -0.4 is 10.7 Å². The van der Waals surface area contributed by atoms with Gasteiger partial charge in [-0.25, -0.2) is 13.8 Å². The number of carbonyl (C=O) groups is 2. The monoisotopic (exact) mass is 551 g/mol. The third-order valence-corrected chi connectivity index (χ3v) is 10.7. The number of carbonyl (C=O) groups excluding carboxylic acids is 2. The molecule has 13 heteroatoms. The number of halogens is 2. The molecule has 0 spiro atoms. The van der Waals surface area contributed by atoms with Crippen LogP contribution in [-0.4, -0.2) is 79.0 Å². The number of amides is 2. The normalized spacial score (nSPS) is 21.0. The highest BCUT2D eigenvalue weighted by Gasteiger charge is 2.61. The molecule has 1 fully saturated rings. The fourth-order valence-corrected chi connectivity index (χ4v) is 7.38. The second-order valence-electron chi connectivity index (χ2n) is 10.5. The molecule has 3 aliphatic rings. The number of ether oxygens (including phenoxy) is 1. The summed E-state index contributed by atoms with van der Waals surface area (Å²) in [5, 5.41) is 13.3. The highest BCUT2D eigenvalue weighted by atomic mass is 32.2. The van der Waals surface area contributed by atoms with Gasteiger partial charge in [0.2, 0.25) is 5.91 Å². The van der Waals surface area contributed by atoms with Crippen LogP contribution in [0.2, 0.25) is 0 Å². The van der Waals surface area contributed by atoms with Gasteiger partial charge in [0.15, 0.2) is 9.84 Å². The number of likely N-dealkylation sites (N-methyl/N-ethyl adjacent to an activating group) is 1. The molecule has 0 saturated heterocycles. The molecule has 2 amide bonds. The number of nitriles is 1. The number of sulfone groups is 1. The predicted octanol–water partition coefficient (Wildman–Crippen LogP) is 1.44. The number of benzene rings is 1. The molecule has 1 saturated carbocycles. The molecule has 0 aromatic heterocycles. The third-order valence-electron chi connectivity index (χ3n) is 7.40. The predicted molar refractivity (Wildman–Crippen MR) is 133 cm³/mol. The number of rotatable bonds is 10. The van der Waals surface area contributed by atoms with Gasteiger partial charge in [-0.05, 0) is 56.4 Å². The highest BCUT2D eigenvalue weighted by Crippen LogP contribution is 2.49. The first kappa shape index (κ1) is 27.9. The first-order chi connectivity index (χ1) is 17.8. The molecule has 38 heavy (non-hydrogen) atoms. The van der Waals surface area contributed by atoms with Crippen molar-refractivity contribution in [1.82, 2.24) is 20.7 Å². The van der Waals surface area contributed by atoms with Gasteiger partial charge in [-0.2, -0.15) is 14.0 Å². The van der Waals surface area contributed by atoms with Crippen LogP contribution in [0.15, 0.2) is 35.5 Å². The number of hydrogen-bond acceptors (Lipinski definition) is 8. The van der Waals surface area contributed by atoms with Crippen LogP contribution >= 0.6 is 0 Å². The van der Waals surface area contributed by atoms with Gasteiger partial charge in [0.25, 0.3) is 5.91 Å². The number of alkyl halides is 2. The van der Waals surface area contributed by atoms with E-state index in [2.05, 4.69) is 15.5 Å². The molecule has 0 bridgehead atoms. The Kier molecular flexibility index (Phi) is 7.53. The van der Waals surface area contributed by atoms with Crippen LogP contribution in [0.25, 0.3) is 0 Å². The van der Waals surface area contributed by atoms with Gasteiger partial charge in [0.05, 0.1) is 27.7 Å². The molecule has 1 aliphatic carbocycles. The van der Waals surface area contributed by atoms with E-state index < -0.39 is 38.6 Å². The van der Waals surface area contributed by atoms with Crippen molar-refractivity contribution in [3.05, 3.63) is 46.7 Å². The second kappa shape index (κ2) is 10.2. The summed E-state index contributed by atoms with van der Waals surface area (Å²) in [6.07, 6.45) is 1.04. The molecule has 4 rings (SSSR count). The standard InChI is InChI=1S/C25H31F2N5O5S/c1-24(2,15-37-23(26)27)38(35,36)25(9-10-25)14-32-11-8-18-19(30-31(3)20(18)22(32)34)21(33)29-13-17-6-4-16(12-28)5-7-17/h4-7,19,23,30H,8-11,13-15H2,1-3H3,(H,29,33). The zero-order valence-corrected chi connectivity index (χ0v) is 22.3. The van der Waals surface area contributed by atoms with Gasteiger partial charge < -0.3 is 20.0 Å². The third kappa shape index (κ3) is 5.12. The van der Waals surface area contributed by atoms with Crippen molar-refractivity contribution < 1.29 is 31.5 Å². The number of hydrogen-bond donors (Lipinski definition) is 2. The van der Waals surface area contributed by atoms with E-state index in [0.29, 0.717) is 36.1 Å². The molecule has 1 aromatic rings. The molecule has 2 aliphatic heterocycles. The quantitative estimate of drug-likeness (QED) is 0.447. The molecule has 206 valence electrons. The summed E-state index contributed by atoms with van der Waals surface area (Å²) in [5.74, 6) is -0.693. The molecule has 1 unspecified atom stereocenters. The lowest BCUT2D eigenvalue weighted by Gasteiger charge is -2.36. The molecule has 0 radical (unpaired) electrons. The summed E-state index contributed by atoms with van der Waals surface area (Å²) < 4.78 is 53.6. The Hall–Kier alpha value is -3.08. The van der Waals surface area contributed by atoms with Crippen molar-refractivity contribution in [3.63, 3.8) is 0 Å². The first-order valence-corrected chi connectivity index (χ1v) is 13.7. The van der Waals surface area contributed by atoms with E-state index >= 15 is 0 Å². The summed E-state index contributed by atoms with van der Waals surface area (Å²) in [6.45, 7) is -0.569. The molecule has 1 aromatic carbocycles. The van der Waals surface area contributed by atoms with E-state index in [-0.39, 0.29) is 31.4 Å².